The summed E-state index contributed by atoms with van der Waals surface area (Å²) in [5, 5.41) is 13.6. The summed E-state index contributed by atoms with van der Waals surface area (Å²) in [6.45, 7) is 0.779. The van der Waals surface area contributed by atoms with Gasteiger partial charge in [0.05, 0.1) is 6.04 Å². The normalized spacial score (nSPS) is 18.1. The van der Waals surface area contributed by atoms with Crippen LogP contribution >= 0.6 is 11.6 Å². The molecule has 2 N–H and O–H groups in total. The molecule has 2 aromatic carbocycles. The number of fused-ring (bicyclic) bond motifs is 1. The summed E-state index contributed by atoms with van der Waals surface area (Å²) in [7, 11) is 0. The Kier molecular flexibility index (Phi) is 2.54. The van der Waals surface area contributed by atoms with Crippen LogP contribution in [0, 0.1) is 0 Å². The summed E-state index contributed by atoms with van der Waals surface area (Å²) in [4.78, 5) is 0. The first kappa shape index (κ1) is 10.6. The van der Waals surface area contributed by atoms with Crippen molar-refractivity contribution in [3.63, 3.8) is 0 Å². The SMILES string of the molecule is Oc1ccc2c(c1)CNC2c1cccc(Cl)c1. The first-order chi connectivity index (χ1) is 8.24. The van der Waals surface area contributed by atoms with E-state index in [0.29, 0.717) is 5.75 Å². The Morgan fingerprint density at radius 1 is 1.18 bits per heavy atom. The molecule has 86 valence electrons. The van der Waals surface area contributed by atoms with E-state index in [0.717, 1.165) is 22.7 Å². The minimum Gasteiger partial charge on any atom is -0.508 e. The second kappa shape index (κ2) is 4.06. The van der Waals surface area contributed by atoms with Gasteiger partial charge in [-0.1, -0.05) is 29.8 Å². The highest BCUT2D eigenvalue weighted by atomic mass is 35.5. The lowest BCUT2D eigenvalue weighted by Crippen LogP contribution is -2.13. The lowest BCUT2D eigenvalue weighted by molar-refractivity contribution is 0.474. The second-order valence-corrected chi connectivity index (χ2v) is 4.69. The molecule has 1 aliphatic heterocycles. The first-order valence-corrected chi connectivity index (χ1v) is 5.92. The molecule has 3 heteroatoms. The summed E-state index contributed by atoms with van der Waals surface area (Å²) >= 11 is 6.01. The number of phenols is 1. The smallest absolute Gasteiger partial charge is 0.115 e. The van der Waals surface area contributed by atoms with Gasteiger partial charge in [-0.15, -0.1) is 0 Å². The molecule has 2 nitrogen and oxygen atoms in total. The predicted molar refractivity (Wildman–Crippen MR) is 68.2 cm³/mol. The summed E-state index contributed by atoms with van der Waals surface area (Å²) in [6.07, 6.45) is 0. The third-order valence-electron chi connectivity index (χ3n) is 3.12. The molecule has 0 bridgehead atoms. The maximum atomic E-state index is 9.45. The number of hydrogen-bond acceptors (Lipinski definition) is 2. The average molecular weight is 246 g/mol. The maximum absolute atomic E-state index is 9.45. The Balaban J connectivity index is 2.04. The van der Waals surface area contributed by atoms with Gasteiger partial charge < -0.3 is 10.4 Å². The molecule has 2 aromatic rings. The van der Waals surface area contributed by atoms with Crippen molar-refractivity contribution in [1.82, 2.24) is 5.32 Å². The largest absolute Gasteiger partial charge is 0.508 e. The van der Waals surface area contributed by atoms with Gasteiger partial charge in [0, 0.05) is 11.6 Å². The van der Waals surface area contributed by atoms with Crippen molar-refractivity contribution in [2.24, 2.45) is 0 Å². The molecule has 0 spiro atoms. The van der Waals surface area contributed by atoms with Gasteiger partial charge in [0.1, 0.15) is 5.75 Å². The van der Waals surface area contributed by atoms with Crippen molar-refractivity contribution in [3.05, 3.63) is 64.2 Å². The van der Waals surface area contributed by atoms with Crippen LogP contribution in [0.3, 0.4) is 0 Å². The number of rotatable bonds is 1. The van der Waals surface area contributed by atoms with E-state index < -0.39 is 0 Å². The highest BCUT2D eigenvalue weighted by molar-refractivity contribution is 6.30. The standard InChI is InChI=1S/C14H12ClNO/c15-11-3-1-2-9(6-11)14-13-5-4-12(17)7-10(13)8-16-14/h1-7,14,16-17H,8H2. The molecule has 0 saturated carbocycles. The Morgan fingerprint density at radius 3 is 2.88 bits per heavy atom. The molecule has 1 heterocycles. The molecule has 1 unspecified atom stereocenters. The third kappa shape index (κ3) is 1.90. The zero-order valence-electron chi connectivity index (χ0n) is 9.15. The van der Waals surface area contributed by atoms with Gasteiger partial charge in [0.25, 0.3) is 0 Å². The number of hydrogen-bond donors (Lipinski definition) is 2. The van der Waals surface area contributed by atoms with E-state index in [-0.39, 0.29) is 6.04 Å². The molecule has 0 saturated heterocycles. The van der Waals surface area contributed by atoms with Crippen molar-refractivity contribution in [3.8, 4) is 5.75 Å². The fraction of sp³-hybridized carbons (Fsp3) is 0.143. The van der Waals surface area contributed by atoms with E-state index in [1.165, 1.54) is 5.56 Å². The number of aromatic hydroxyl groups is 1. The Bertz CT molecular complexity index is 568. The number of benzene rings is 2. The lowest BCUT2D eigenvalue weighted by Gasteiger charge is -2.12. The fourth-order valence-electron chi connectivity index (χ4n) is 2.33. The molecule has 3 rings (SSSR count). The van der Waals surface area contributed by atoms with Gasteiger partial charge in [-0.2, -0.15) is 0 Å². The van der Waals surface area contributed by atoms with Gasteiger partial charge in [-0.3, -0.25) is 0 Å². The van der Waals surface area contributed by atoms with E-state index in [9.17, 15) is 5.11 Å². The quantitative estimate of drug-likeness (QED) is 0.809. The highest BCUT2D eigenvalue weighted by Crippen LogP contribution is 2.33. The predicted octanol–water partition coefficient (Wildman–Crippen LogP) is 3.24. The Morgan fingerprint density at radius 2 is 2.06 bits per heavy atom. The van der Waals surface area contributed by atoms with Crippen molar-refractivity contribution in [2.45, 2.75) is 12.6 Å². The van der Waals surface area contributed by atoms with Crippen LogP contribution in [0.1, 0.15) is 22.7 Å². The van der Waals surface area contributed by atoms with Crippen molar-refractivity contribution >= 4 is 11.6 Å². The van der Waals surface area contributed by atoms with Crippen LogP contribution in [0.5, 0.6) is 5.75 Å². The van der Waals surface area contributed by atoms with Crippen LogP contribution in [-0.4, -0.2) is 5.11 Å². The van der Waals surface area contributed by atoms with E-state index in [2.05, 4.69) is 11.4 Å². The van der Waals surface area contributed by atoms with Crippen molar-refractivity contribution in [2.75, 3.05) is 0 Å². The topological polar surface area (TPSA) is 32.3 Å². The molecule has 1 aliphatic rings. The molecule has 0 radical (unpaired) electrons. The van der Waals surface area contributed by atoms with E-state index >= 15 is 0 Å². The summed E-state index contributed by atoms with van der Waals surface area (Å²) in [6, 6.07) is 13.5. The molecular formula is C14H12ClNO. The molecule has 17 heavy (non-hydrogen) atoms. The maximum Gasteiger partial charge on any atom is 0.115 e. The lowest BCUT2D eigenvalue weighted by atomic mass is 9.98. The van der Waals surface area contributed by atoms with E-state index in [1.807, 2.05) is 30.3 Å². The van der Waals surface area contributed by atoms with Crippen LogP contribution in [0.2, 0.25) is 5.02 Å². The average Bonchev–Trinajstić information content (AvgIpc) is 2.71. The second-order valence-electron chi connectivity index (χ2n) is 4.25. The Hall–Kier alpha value is -1.51. The third-order valence-corrected chi connectivity index (χ3v) is 3.35. The first-order valence-electron chi connectivity index (χ1n) is 5.55. The van der Waals surface area contributed by atoms with Gasteiger partial charge in [-0.25, -0.2) is 0 Å². The summed E-state index contributed by atoms with van der Waals surface area (Å²) in [5.41, 5.74) is 3.52. The molecule has 0 aromatic heterocycles. The van der Waals surface area contributed by atoms with Gasteiger partial charge in [-0.05, 0) is 41.0 Å². The highest BCUT2D eigenvalue weighted by Gasteiger charge is 2.23. The fourth-order valence-corrected chi connectivity index (χ4v) is 2.53. The van der Waals surface area contributed by atoms with Crippen molar-refractivity contribution in [1.29, 1.82) is 0 Å². The van der Waals surface area contributed by atoms with E-state index in [1.54, 1.807) is 6.07 Å². The van der Waals surface area contributed by atoms with Crippen LogP contribution < -0.4 is 5.32 Å². The molecule has 0 amide bonds. The summed E-state index contributed by atoms with van der Waals surface area (Å²) < 4.78 is 0. The van der Waals surface area contributed by atoms with E-state index in [4.69, 9.17) is 11.6 Å². The summed E-state index contributed by atoms with van der Waals surface area (Å²) in [5.74, 6) is 0.317. The van der Waals surface area contributed by atoms with Gasteiger partial charge in [0.2, 0.25) is 0 Å². The molecular weight excluding hydrogens is 234 g/mol. The minimum absolute atomic E-state index is 0.171. The van der Waals surface area contributed by atoms with Crippen LogP contribution in [-0.2, 0) is 6.54 Å². The van der Waals surface area contributed by atoms with Gasteiger partial charge >= 0.3 is 0 Å². The Labute approximate surface area is 105 Å². The minimum atomic E-state index is 0.171. The monoisotopic (exact) mass is 245 g/mol. The van der Waals surface area contributed by atoms with Crippen molar-refractivity contribution < 1.29 is 5.11 Å². The molecule has 1 atom stereocenters. The number of halogens is 1. The van der Waals surface area contributed by atoms with Crippen LogP contribution in [0.25, 0.3) is 0 Å². The zero-order chi connectivity index (χ0) is 11.8. The number of phenolic OH excluding ortho intramolecular Hbond substituents is 1. The zero-order valence-corrected chi connectivity index (χ0v) is 9.91. The van der Waals surface area contributed by atoms with Crippen LogP contribution in [0.15, 0.2) is 42.5 Å². The molecule has 0 aliphatic carbocycles. The number of nitrogens with one attached hydrogen (secondary N) is 1. The molecule has 0 fully saturated rings. The van der Waals surface area contributed by atoms with Gasteiger partial charge in [0.15, 0.2) is 0 Å². The van der Waals surface area contributed by atoms with Crippen LogP contribution in [0.4, 0.5) is 0 Å².